The van der Waals surface area contributed by atoms with Crippen molar-refractivity contribution in [1.82, 2.24) is 14.7 Å². The van der Waals surface area contributed by atoms with Crippen molar-refractivity contribution in [2.45, 2.75) is 45.9 Å². The van der Waals surface area contributed by atoms with Gasteiger partial charge in [-0.2, -0.15) is 5.10 Å². The summed E-state index contributed by atoms with van der Waals surface area (Å²) in [6.45, 7) is 8.52. The Bertz CT molecular complexity index is 428. The summed E-state index contributed by atoms with van der Waals surface area (Å²) >= 11 is 12.0. The predicted octanol–water partition coefficient (Wildman–Crippen LogP) is 3.08. The molecule has 0 N–H and O–H groups in total. The number of rotatable bonds is 6. The molecule has 1 saturated heterocycles. The molecule has 0 radical (unpaired) electrons. The molecule has 0 aromatic carbocycles. The smallest absolute Gasteiger partial charge is 0.0860 e. The summed E-state index contributed by atoms with van der Waals surface area (Å²) in [7, 11) is 0. The Balaban J connectivity index is 1.89. The number of halogens is 2. The van der Waals surface area contributed by atoms with Gasteiger partial charge < -0.3 is 4.74 Å². The molecular weight excluding hydrogens is 297 g/mol. The molecule has 1 aromatic rings. The van der Waals surface area contributed by atoms with Gasteiger partial charge in [0.15, 0.2) is 0 Å². The molecule has 0 amide bonds. The van der Waals surface area contributed by atoms with Gasteiger partial charge in [0.1, 0.15) is 0 Å². The van der Waals surface area contributed by atoms with Crippen LogP contribution in [0.3, 0.4) is 0 Å². The van der Waals surface area contributed by atoms with Crippen molar-refractivity contribution in [3.8, 4) is 0 Å². The molecule has 2 rings (SSSR count). The van der Waals surface area contributed by atoms with Gasteiger partial charge in [0, 0.05) is 32.1 Å². The Morgan fingerprint density at radius 1 is 1.35 bits per heavy atom. The van der Waals surface area contributed by atoms with Crippen LogP contribution in [0.2, 0.25) is 5.02 Å². The van der Waals surface area contributed by atoms with Crippen LogP contribution >= 0.6 is 23.2 Å². The first-order valence-corrected chi connectivity index (χ1v) is 8.18. The van der Waals surface area contributed by atoms with Crippen molar-refractivity contribution in [3.63, 3.8) is 0 Å². The summed E-state index contributed by atoms with van der Waals surface area (Å²) in [6.07, 6.45) is 2.49. The Kier molecular flexibility index (Phi) is 6.15. The minimum Gasteiger partial charge on any atom is -0.377 e. The summed E-state index contributed by atoms with van der Waals surface area (Å²) in [6, 6.07) is 0. The van der Waals surface area contributed by atoms with Crippen LogP contribution in [0.15, 0.2) is 0 Å². The maximum absolute atomic E-state index is 6.36. The number of likely N-dealkylation sites (tertiary alicyclic amines) is 1. The Morgan fingerprint density at radius 2 is 2.05 bits per heavy atom. The van der Waals surface area contributed by atoms with Gasteiger partial charge in [-0.3, -0.25) is 9.58 Å². The van der Waals surface area contributed by atoms with Crippen LogP contribution in [-0.2, 0) is 17.8 Å². The zero-order valence-electron chi connectivity index (χ0n) is 12.2. The highest BCUT2D eigenvalue weighted by Gasteiger charge is 2.22. The maximum atomic E-state index is 6.36. The zero-order valence-corrected chi connectivity index (χ0v) is 13.8. The van der Waals surface area contributed by atoms with E-state index in [-0.39, 0.29) is 0 Å². The van der Waals surface area contributed by atoms with Gasteiger partial charge in [0.2, 0.25) is 0 Å². The fourth-order valence-electron chi connectivity index (χ4n) is 2.68. The molecule has 4 nitrogen and oxygen atoms in total. The van der Waals surface area contributed by atoms with Crippen molar-refractivity contribution in [2.24, 2.45) is 0 Å². The average molecular weight is 320 g/mol. The van der Waals surface area contributed by atoms with Gasteiger partial charge in [-0.1, -0.05) is 11.6 Å². The number of hydrogen-bond acceptors (Lipinski definition) is 3. The highest BCUT2D eigenvalue weighted by Crippen LogP contribution is 2.23. The molecule has 1 aliphatic heterocycles. The molecule has 0 saturated carbocycles. The molecule has 0 bridgehead atoms. The monoisotopic (exact) mass is 319 g/mol. The van der Waals surface area contributed by atoms with Gasteiger partial charge in [-0.25, -0.2) is 0 Å². The zero-order chi connectivity index (χ0) is 14.5. The molecular formula is C14H23Cl2N3O. The number of aromatic nitrogens is 2. The van der Waals surface area contributed by atoms with E-state index in [1.165, 1.54) is 0 Å². The SMILES string of the molecule is CCn1nc(C)c(Cl)c1CN1CCC(OCCCl)CC1. The van der Waals surface area contributed by atoms with E-state index in [9.17, 15) is 0 Å². The third-order valence-electron chi connectivity index (χ3n) is 3.79. The predicted molar refractivity (Wildman–Crippen MR) is 82.6 cm³/mol. The van der Waals surface area contributed by atoms with E-state index < -0.39 is 0 Å². The van der Waals surface area contributed by atoms with E-state index in [1.54, 1.807) is 0 Å². The molecule has 1 aromatic heterocycles. The lowest BCUT2D eigenvalue weighted by Gasteiger charge is -2.31. The average Bonchev–Trinajstić information content (AvgIpc) is 2.74. The summed E-state index contributed by atoms with van der Waals surface area (Å²) in [4.78, 5) is 2.43. The van der Waals surface area contributed by atoms with Gasteiger partial charge in [0.05, 0.1) is 29.1 Å². The Morgan fingerprint density at radius 3 is 2.65 bits per heavy atom. The van der Waals surface area contributed by atoms with Crippen LogP contribution < -0.4 is 0 Å². The fraction of sp³-hybridized carbons (Fsp3) is 0.786. The van der Waals surface area contributed by atoms with E-state index in [2.05, 4.69) is 16.9 Å². The molecule has 1 aliphatic rings. The van der Waals surface area contributed by atoms with Crippen molar-refractivity contribution in [1.29, 1.82) is 0 Å². The van der Waals surface area contributed by atoms with Crippen LogP contribution in [0.25, 0.3) is 0 Å². The lowest BCUT2D eigenvalue weighted by molar-refractivity contribution is 0.0129. The van der Waals surface area contributed by atoms with Gasteiger partial charge in [0.25, 0.3) is 0 Å². The Hall–Kier alpha value is -0.290. The van der Waals surface area contributed by atoms with Gasteiger partial charge in [-0.15, -0.1) is 11.6 Å². The second-order valence-electron chi connectivity index (χ2n) is 5.20. The normalized spacial score (nSPS) is 17.8. The highest BCUT2D eigenvalue weighted by molar-refractivity contribution is 6.31. The minimum absolute atomic E-state index is 0.360. The summed E-state index contributed by atoms with van der Waals surface area (Å²) in [5.74, 6) is 0.574. The summed E-state index contributed by atoms with van der Waals surface area (Å²) < 4.78 is 7.71. The first kappa shape index (κ1) is 16.1. The molecule has 20 heavy (non-hydrogen) atoms. The van der Waals surface area contributed by atoms with E-state index in [0.717, 1.165) is 55.4 Å². The fourth-order valence-corrected chi connectivity index (χ4v) is 2.96. The first-order chi connectivity index (χ1) is 9.65. The van der Waals surface area contributed by atoms with Crippen LogP contribution in [0.5, 0.6) is 0 Å². The van der Waals surface area contributed by atoms with E-state index in [1.807, 2.05) is 11.6 Å². The molecule has 1 fully saturated rings. The number of piperidine rings is 1. The van der Waals surface area contributed by atoms with Crippen molar-refractivity contribution in [3.05, 3.63) is 16.4 Å². The number of nitrogens with zero attached hydrogens (tertiary/aromatic N) is 3. The van der Waals surface area contributed by atoms with Gasteiger partial charge in [-0.05, 0) is 26.7 Å². The van der Waals surface area contributed by atoms with Crippen LogP contribution in [0.1, 0.15) is 31.2 Å². The lowest BCUT2D eigenvalue weighted by Crippen LogP contribution is -2.37. The van der Waals surface area contributed by atoms with Gasteiger partial charge >= 0.3 is 0 Å². The molecule has 114 valence electrons. The Labute approximate surface area is 131 Å². The first-order valence-electron chi connectivity index (χ1n) is 7.27. The van der Waals surface area contributed by atoms with Crippen molar-refractivity contribution >= 4 is 23.2 Å². The molecule has 2 heterocycles. The summed E-state index contributed by atoms with van der Waals surface area (Å²) in [5, 5.41) is 5.28. The van der Waals surface area contributed by atoms with E-state index in [4.69, 9.17) is 27.9 Å². The number of alkyl halides is 1. The molecule has 6 heteroatoms. The van der Waals surface area contributed by atoms with Crippen LogP contribution in [0, 0.1) is 6.92 Å². The van der Waals surface area contributed by atoms with E-state index >= 15 is 0 Å². The minimum atomic E-state index is 0.360. The second-order valence-corrected chi connectivity index (χ2v) is 5.95. The second kappa shape index (κ2) is 7.64. The largest absolute Gasteiger partial charge is 0.377 e. The quantitative estimate of drug-likeness (QED) is 0.755. The number of hydrogen-bond donors (Lipinski definition) is 0. The van der Waals surface area contributed by atoms with E-state index in [0.29, 0.717) is 18.6 Å². The topological polar surface area (TPSA) is 30.3 Å². The van der Waals surface area contributed by atoms with Crippen molar-refractivity contribution < 1.29 is 4.74 Å². The lowest BCUT2D eigenvalue weighted by atomic mass is 10.1. The number of aryl methyl sites for hydroxylation is 2. The standard InChI is InChI=1S/C14H23Cl2N3O/c1-3-19-13(14(16)11(2)17-19)10-18-7-4-12(5-8-18)20-9-6-15/h12H,3-10H2,1-2H3. The molecule has 0 unspecified atom stereocenters. The number of ether oxygens (including phenoxy) is 1. The van der Waals surface area contributed by atoms with Crippen molar-refractivity contribution in [2.75, 3.05) is 25.6 Å². The van der Waals surface area contributed by atoms with Crippen LogP contribution in [-0.4, -0.2) is 46.4 Å². The molecule has 0 aliphatic carbocycles. The highest BCUT2D eigenvalue weighted by atomic mass is 35.5. The molecule has 0 spiro atoms. The van der Waals surface area contributed by atoms with Crippen LogP contribution in [0.4, 0.5) is 0 Å². The third kappa shape index (κ3) is 3.88. The maximum Gasteiger partial charge on any atom is 0.0860 e. The third-order valence-corrected chi connectivity index (χ3v) is 4.44. The molecule has 0 atom stereocenters. The summed E-state index contributed by atoms with van der Waals surface area (Å²) in [5.41, 5.74) is 2.05.